The molecule has 0 aliphatic heterocycles. The van der Waals surface area contributed by atoms with Gasteiger partial charge in [0.05, 0.1) is 0 Å². The summed E-state index contributed by atoms with van der Waals surface area (Å²) in [5.74, 6) is 0.643. The molecule has 0 fully saturated rings. The number of aromatic nitrogens is 1. The second-order valence-corrected chi connectivity index (χ2v) is 5.66. The van der Waals surface area contributed by atoms with E-state index < -0.39 is 0 Å². The van der Waals surface area contributed by atoms with Crippen LogP contribution in [0.2, 0.25) is 5.15 Å². The molecule has 0 radical (unpaired) electrons. The molecule has 3 aromatic rings. The van der Waals surface area contributed by atoms with Gasteiger partial charge in [0.15, 0.2) is 0 Å². The first-order valence-electron chi connectivity index (χ1n) is 7.45. The van der Waals surface area contributed by atoms with E-state index in [0.717, 1.165) is 29.4 Å². The van der Waals surface area contributed by atoms with Gasteiger partial charge in [0.1, 0.15) is 23.1 Å². The summed E-state index contributed by atoms with van der Waals surface area (Å²) in [7, 11) is 0. The maximum Gasteiger partial charge on any atom is 0.336 e. The SMILES string of the molecule is CCCc1cc(=O)oc2cc(OCc3ccc(Cl)nc3)ccc12. The predicted octanol–water partition coefficient (Wildman–Crippen LogP) is 4.37. The average Bonchev–Trinajstić information content (AvgIpc) is 2.54. The van der Waals surface area contributed by atoms with Crippen LogP contribution in [0.3, 0.4) is 0 Å². The van der Waals surface area contributed by atoms with Gasteiger partial charge < -0.3 is 9.15 Å². The first-order chi connectivity index (χ1) is 11.2. The van der Waals surface area contributed by atoms with Crippen molar-refractivity contribution < 1.29 is 9.15 Å². The van der Waals surface area contributed by atoms with Crippen LogP contribution in [-0.2, 0) is 13.0 Å². The lowest BCUT2D eigenvalue weighted by atomic mass is 10.1. The van der Waals surface area contributed by atoms with E-state index in [1.807, 2.05) is 18.2 Å². The molecule has 3 rings (SSSR count). The summed E-state index contributed by atoms with van der Waals surface area (Å²) in [6.07, 6.45) is 3.49. The molecule has 0 aliphatic rings. The Labute approximate surface area is 138 Å². The summed E-state index contributed by atoms with van der Waals surface area (Å²) in [6.45, 7) is 2.45. The number of nitrogens with zero attached hydrogens (tertiary/aromatic N) is 1. The second-order valence-electron chi connectivity index (χ2n) is 5.28. The van der Waals surface area contributed by atoms with Crippen molar-refractivity contribution in [2.75, 3.05) is 0 Å². The van der Waals surface area contributed by atoms with Crippen molar-refractivity contribution >= 4 is 22.6 Å². The summed E-state index contributed by atoms with van der Waals surface area (Å²) in [5, 5.41) is 1.40. The van der Waals surface area contributed by atoms with Crippen molar-refractivity contribution in [2.45, 2.75) is 26.4 Å². The Balaban J connectivity index is 1.85. The summed E-state index contributed by atoms with van der Waals surface area (Å²) >= 11 is 5.76. The van der Waals surface area contributed by atoms with Gasteiger partial charge >= 0.3 is 5.63 Å². The highest BCUT2D eigenvalue weighted by atomic mass is 35.5. The first kappa shape index (κ1) is 15.6. The van der Waals surface area contributed by atoms with Crippen molar-refractivity contribution in [1.82, 2.24) is 4.98 Å². The molecule has 2 aromatic heterocycles. The highest BCUT2D eigenvalue weighted by molar-refractivity contribution is 6.29. The van der Waals surface area contributed by atoms with Crippen LogP contribution in [0.5, 0.6) is 5.75 Å². The summed E-state index contributed by atoms with van der Waals surface area (Å²) in [5.41, 5.74) is 2.13. The Kier molecular flexibility index (Phi) is 4.63. The molecular formula is C18H16ClNO3. The van der Waals surface area contributed by atoms with Crippen molar-refractivity contribution in [3.63, 3.8) is 0 Å². The van der Waals surface area contributed by atoms with Gasteiger partial charge in [-0.3, -0.25) is 0 Å². The van der Waals surface area contributed by atoms with E-state index in [9.17, 15) is 4.79 Å². The molecule has 2 heterocycles. The molecule has 1 aromatic carbocycles. The number of benzene rings is 1. The lowest BCUT2D eigenvalue weighted by Crippen LogP contribution is -2.01. The number of hydrogen-bond acceptors (Lipinski definition) is 4. The fourth-order valence-corrected chi connectivity index (χ4v) is 2.55. The fraction of sp³-hybridized carbons (Fsp3) is 0.222. The molecule has 0 amide bonds. The predicted molar refractivity (Wildman–Crippen MR) is 90.1 cm³/mol. The maximum absolute atomic E-state index is 11.7. The molecule has 0 aliphatic carbocycles. The summed E-state index contributed by atoms with van der Waals surface area (Å²) in [6, 6.07) is 10.7. The Bertz CT molecular complexity index is 872. The molecule has 0 saturated heterocycles. The van der Waals surface area contributed by atoms with Crippen LogP contribution in [0.15, 0.2) is 51.8 Å². The van der Waals surface area contributed by atoms with Gasteiger partial charge in [-0.2, -0.15) is 0 Å². The Hall–Kier alpha value is -2.33. The third-order valence-electron chi connectivity index (χ3n) is 3.52. The van der Waals surface area contributed by atoms with Crippen LogP contribution in [0.25, 0.3) is 11.0 Å². The van der Waals surface area contributed by atoms with E-state index in [-0.39, 0.29) is 5.63 Å². The van der Waals surface area contributed by atoms with Crippen LogP contribution in [0.4, 0.5) is 0 Å². The first-order valence-corrected chi connectivity index (χ1v) is 7.83. The zero-order chi connectivity index (χ0) is 16.2. The molecule has 0 atom stereocenters. The van der Waals surface area contributed by atoms with E-state index in [4.69, 9.17) is 20.8 Å². The van der Waals surface area contributed by atoms with Gasteiger partial charge in [-0.05, 0) is 30.2 Å². The van der Waals surface area contributed by atoms with Gasteiger partial charge in [0, 0.05) is 29.3 Å². The van der Waals surface area contributed by atoms with E-state index in [1.165, 1.54) is 0 Å². The lowest BCUT2D eigenvalue weighted by Gasteiger charge is -2.08. The van der Waals surface area contributed by atoms with Crippen molar-refractivity contribution in [2.24, 2.45) is 0 Å². The summed E-state index contributed by atoms with van der Waals surface area (Å²) in [4.78, 5) is 15.7. The molecule has 4 nitrogen and oxygen atoms in total. The number of ether oxygens (including phenoxy) is 1. The topological polar surface area (TPSA) is 52.3 Å². The smallest absolute Gasteiger partial charge is 0.336 e. The third kappa shape index (κ3) is 3.71. The normalized spacial score (nSPS) is 10.9. The number of aryl methyl sites for hydroxylation is 1. The van der Waals surface area contributed by atoms with E-state index in [2.05, 4.69) is 11.9 Å². The summed E-state index contributed by atoms with van der Waals surface area (Å²) < 4.78 is 11.0. The Morgan fingerprint density at radius 3 is 2.83 bits per heavy atom. The zero-order valence-corrected chi connectivity index (χ0v) is 13.5. The van der Waals surface area contributed by atoms with Gasteiger partial charge in [-0.25, -0.2) is 9.78 Å². The molecule has 0 unspecified atom stereocenters. The zero-order valence-electron chi connectivity index (χ0n) is 12.7. The van der Waals surface area contributed by atoms with Gasteiger partial charge in [-0.15, -0.1) is 0 Å². The second kappa shape index (κ2) is 6.84. The van der Waals surface area contributed by atoms with Crippen LogP contribution >= 0.6 is 11.6 Å². The third-order valence-corrected chi connectivity index (χ3v) is 3.74. The molecular weight excluding hydrogens is 314 g/mol. The highest BCUT2D eigenvalue weighted by Gasteiger charge is 2.07. The van der Waals surface area contributed by atoms with Crippen LogP contribution in [0, 0.1) is 0 Å². The van der Waals surface area contributed by atoms with Crippen molar-refractivity contribution in [3.05, 3.63) is 69.3 Å². The number of rotatable bonds is 5. The minimum atomic E-state index is -0.333. The molecule has 0 bridgehead atoms. The quantitative estimate of drug-likeness (QED) is 0.515. The van der Waals surface area contributed by atoms with Crippen molar-refractivity contribution in [1.29, 1.82) is 0 Å². The molecule has 0 spiro atoms. The molecule has 5 heteroatoms. The minimum Gasteiger partial charge on any atom is -0.489 e. The largest absolute Gasteiger partial charge is 0.489 e. The number of fused-ring (bicyclic) bond motifs is 1. The lowest BCUT2D eigenvalue weighted by molar-refractivity contribution is 0.305. The van der Waals surface area contributed by atoms with Crippen LogP contribution in [0.1, 0.15) is 24.5 Å². The van der Waals surface area contributed by atoms with Crippen LogP contribution in [-0.4, -0.2) is 4.98 Å². The monoisotopic (exact) mass is 329 g/mol. The Morgan fingerprint density at radius 2 is 2.09 bits per heavy atom. The minimum absolute atomic E-state index is 0.333. The van der Waals surface area contributed by atoms with Gasteiger partial charge in [0.2, 0.25) is 0 Å². The Morgan fingerprint density at radius 1 is 1.22 bits per heavy atom. The van der Waals surface area contributed by atoms with Crippen molar-refractivity contribution in [3.8, 4) is 5.75 Å². The fourth-order valence-electron chi connectivity index (χ4n) is 2.43. The van der Waals surface area contributed by atoms with Gasteiger partial charge in [0.25, 0.3) is 0 Å². The average molecular weight is 330 g/mol. The van der Waals surface area contributed by atoms with Crippen LogP contribution < -0.4 is 10.4 Å². The number of pyridine rings is 1. The standard InChI is InChI=1S/C18H16ClNO3/c1-2-3-13-8-18(21)23-16-9-14(5-6-15(13)16)22-11-12-4-7-17(19)20-10-12/h4-10H,2-3,11H2,1H3. The molecule has 23 heavy (non-hydrogen) atoms. The highest BCUT2D eigenvalue weighted by Crippen LogP contribution is 2.24. The number of halogens is 1. The van der Waals surface area contributed by atoms with E-state index in [1.54, 1.807) is 24.4 Å². The van der Waals surface area contributed by atoms with E-state index >= 15 is 0 Å². The molecule has 0 saturated carbocycles. The molecule has 0 N–H and O–H groups in total. The molecule has 118 valence electrons. The maximum atomic E-state index is 11.7. The van der Waals surface area contributed by atoms with Gasteiger partial charge in [-0.1, -0.05) is 31.0 Å². The van der Waals surface area contributed by atoms with E-state index in [0.29, 0.717) is 23.1 Å². The number of hydrogen-bond donors (Lipinski definition) is 0.